The van der Waals surface area contributed by atoms with Gasteiger partial charge >= 0.3 is 0 Å². The minimum Gasteiger partial charge on any atom is -0.454 e. The predicted octanol–water partition coefficient (Wildman–Crippen LogP) is 2.23. The predicted molar refractivity (Wildman–Crippen MR) is 90.3 cm³/mol. The lowest BCUT2D eigenvalue weighted by molar-refractivity contribution is 0.174. The Labute approximate surface area is 149 Å². The van der Waals surface area contributed by atoms with E-state index < -0.39 is 26.5 Å². The molecule has 0 aromatic heterocycles. The fraction of sp³-hybridized carbons (Fsp3) is 0.235. The summed E-state index contributed by atoms with van der Waals surface area (Å²) in [5.74, 6) is 0.459. The molecular formula is C17H13ClN2O4S. The quantitative estimate of drug-likeness (QED) is 0.881. The van der Waals surface area contributed by atoms with Gasteiger partial charge in [0, 0.05) is 10.9 Å². The molecule has 8 heteroatoms. The molecule has 0 unspecified atom stereocenters. The summed E-state index contributed by atoms with van der Waals surface area (Å²) in [4.78, 5) is 0.0928. The number of hydrogen-bond donors (Lipinski definition) is 1. The van der Waals surface area contributed by atoms with Crippen LogP contribution in [0.4, 0.5) is 0 Å². The van der Waals surface area contributed by atoms with Crippen LogP contribution in [0.2, 0.25) is 5.02 Å². The zero-order chi connectivity index (χ0) is 17.8. The van der Waals surface area contributed by atoms with Gasteiger partial charge in [-0.15, -0.1) is 0 Å². The molecule has 1 aliphatic heterocycles. The van der Waals surface area contributed by atoms with Crippen molar-refractivity contribution in [2.24, 2.45) is 5.73 Å². The van der Waals surface area contributed by atoms with Gasteiger partial charge in [-0.05, 0) is 42.0 Å². The van der Waals surface area contributed by atoms with Crippen molar-refractivity contribution in [3.8, 4) is 17.6 Å². The lowest BCUT2D eigenvalue weighted by Gasteiger charge is -2.05. The van der Waals surface area contributed by atoms with E-state index in [1.807, 2.05) is 6.07 Å². The number of benzene rings is 2. The molecule has 1 heterocycles. The highest BCUT2D eigenvalue weighted by Gasteiger charge is 2.70. The van der Waals surface area contributed by atoms with Crippen molar-refractivity contribution >= 4 is 21.4 Å². The molecule has 1 saturated carbocycles. The van der Waals surface area contributed by atoms with E-state index in [0.717, 1.165) is 0 Å². The highest BCUT2D eigenvalue weighted by Crippen LogP contribution is 2.56. The van der Waals surface area contributed by atoms with E-state index in [1.165, 1.54) is 24.3 Å². The molecule has 2 aromatic carbocycles. The Morgan fingerprint density at radius 1 is 1.16 bits per heavy atom. The first kappa shape index (κ1) is 16.2. The van der Waals surface area contributed by atoms with Gasteiger partial charge in [0.05, 0.1) is 11.0 Å². The Morgan fingerprint density at radius 3 is 2.52 bits per heavy atom. The number of halogens is 1. The van der Waals surface area contributed by atoms with Crippen LogP contribution in [0.3, 0.4) is 0 Å². The van der Waals surface area contributed by atoms with Gasteiger partial charge < -0.3 is 15.2 Å². The van der Waals surface area contributed by atoms with Crippen LogP contribution < -0.4 is 15.2 Å². The van der Waals surface area contributed by atoms with Gasteiger partial charge in [-0.1, -0.05) is 17.7 Å². The van der Waals surface area contributed by atoms with Crippen molar-refractivity contribution in [2.45, 2.75) is 21.6 Å². The highest BCUT2D eigenvalue weighted by molar-refractivity contribution is 7.92. The standard InChI is InChI=1S/C17H13ClN2O4S/c18-11-2-4-12(5-3-11)25(21,22)16-15(17(16,20)8-19)10-1-6-13-14(7-10)24-9-23-13/h1-7,15-16H,9,20H2/t15-,16+,17+/m1/s1. The molecule has 3 atom stereocenters. The molecule has 1 fully saturated rings. The third-order valence-electron chi connectivity index (χ3n) is 4.60. The summed E-state index contributed by atoms with van der Waals surface area (Å²) in [5, 5.41) is 8.89. The molecular weight excluding hydrogens is 364 g/mol. The summed E-state index contributed by atoms with van der Waals surface area (Å²) >= 11 is 5.82. The average molecular weight is 377 g/mol. The van der Waals surface area contributed by atoms with Gasteiger partial charge in [0.1, 0.15) is 10.8 Å². The minimum atomic E-state index is -3.79. The smallest absolute Gasteiger partial charge is 0.231 e. The Kier molecular flexibility index (Phi) is 3.48. The number of fused-ring (bicyclic) bond motifs is 1. The number of rotatable bonds is 3. The lowest BCUT2D eigenvalue weighted by Crippen LogP contribution is -2.29. The van der Waals surface area contributed by atoms with E-state index >= 15 is 0 Å². The normalized spacial score (nSPS) is 26.9. The molecule has 6 nitrogen and oxygen atoms in total. The Balaban J connectivity index is 1.75. The Bertz CT molecular complexity index is 1000. The number of ether oxygens (including phenoxy) is 2. The third-order valence-corrected chi connectivity index (χ3v) is 7.12. The van der Waals surface area contributed by atoms with Crippen LogP contribution >= 0.6 is 11.6 Å². The SMILES string of the molecule is N#C[C@]1(N)[C@H](c2ccc3c(c2)OCO3)[C@@H]1S(=O)(=O)c1ccc(Cl)cc1. The van der Waals surface area contributed by atoms with Crippen molar-refractivity contribution in [3.63, 3.8) is 0 Å². The zero-order valence-electron chi connectivity index (χ0n) is 12.8. The largest absolute Gasteiger partial charge is 0.454 e. The fourth-order valence-corrected chi connectivity index (χ4v) is 5.58. The summed E-state index contributed by atoms with van der Waals surface area (Å²) in [6.45, 7) is 0.113. The molecule has 2 aliphatic rings. The molecule has 0 amide bonds. The van der Waals surface area contributed by atoms with Crippen LogP contribution in [0.1, 0.15) is 11.5 Å². The van der Waals surface area contributed by atoms with E-state index in [9.17, 15) is 13.7 Å². The molecule has 0 radical (unpaired) electrons. The van der Waals surface area contributed by atoms with Gasteiger partial charge in [-0.2, -0.15) is 5.26 Å². The Morgan fingerprint density at radius 2 is 1.84 bits per heavy atom. The molecule has 0 bridgehead atoms. The first-order valence-electron chi connectivity index (χ1n) is 7.47. The second-order valence-electron chi connectivity index (χ2n) is 6.05. The van der Waals surface area contributed by atoms with Crippen molar-refractivity contribution in [3.05, 3.63) is 53.1 Å². The molecule has 4 rings (SSSR count). The number of nitriles is 1. The molecule has 2 N–H and O–H groups in total. The van der Waals surface area contributed by atoms with E-state index in [4.69, 9.17) is 26.8 Å². The van der Waals surface area contributed by atoms with Crippen LogP contribution in [0.5, 0.6) is 11.5 Å². The summed E-state index contributed by atoms with van der Waals surface area (Å²) in [5.41, 5.74) is 5.27. The number of nitrogens with two attached hydrogens (primary N) is 1. The third kappa shape index (κ3) is 2.37. The Hall–Kier alpha value is -2.27. The van der Waals surface area contributed by atoms with Gasteiger partial charge in [-0.3, -0.25) is 0 Å². The van der Waals surface area contributed by atoms with Gasteiger partial charge in [0.25, 0.3) is 0 Å². The minimum absolute atomic E-state index is 0.0928. The van der Waals surface area contributed by atoms with Crippen LogP contribution in [0.25, 0.3) is 0 Å². The van der Waals surface area contributed by atoms with E-state index in [2.05, 4.69) is 0 Å². The van der Waals surface area contributed by atoms with Crippen LogP contribution in [-0.2, 0) is 9.84 Å². The molecule has 128 valence electrons. The number of nitrogens with zero attached hydrogens (tertiary/aromatic N) is 1. The second-order valence-corrected chi connectivity index (χ2v) is 8.56. The van der Waals surface area contributed by atoms with Crippen molar-refractivity contribution in [1.29, 1.82) is 5.26 Å². The van der Waals surface area contributed by atoms with Gasteiger partial charge in [-0.25, -0.2) is 8.42 Å². The molecule has 0 spiro atoms. The van der Waals surface area contributed by atoms with Crippen LogP contribution in [0, 0.1) is 11.3 Å². The second kappa shape index (κ2) is 5.36. The first-order chi connectivity index (χ1) is 11.9. The van der Waals surface area contributed by atoms with E-state index in [0.29, 0.717) is 22.1 Å². The summed E-state index contributed by atoms with van der Waals surface area (Å²) in [6.07, 6.45) is 0. The first-order valence-corrected chi connectivity index (χ1v) is 9.39. The molecule has 0 saturated heterocycles. The number of hydrogen-bond acceptors (Lipinski definition) is 6. The molecule has 1 aliphatic carbocycles. The maximum atomic E-state index is 13.0. The van der Waals surface area contributed by atoms with Crippen LogP contribution in [-0.4, -0.2) is 26.0 Å². The summed E-state index contributed by atoms with van der Waals surface area (Å²) < 4.78 is 36.5. The molecule has 2 aromatic rings. The van der Waals surface area contributed by atoms with Crippen LogP contribution in [0.15, 0.2) is 47.4 Å². The van der Waals surface area contributed by atoms with Crippen molar-refractivity contribution < 1.29 is 17.9 Å². The summed E-state index contributed by atoms with van der Waals surface area (Å²) in [7, 11) is -3.79. The van der Waals surface area contributed by atoms with Gasteiger partial charge in [0.15, 0.2) is 21.3 Å². The van der Waals surface area contributed by atoms with Crippen molar-refractivity contribution in [2.75, 3.05) is 6.79 Å². The molecule has 25 heavy (non-hydrogen) atoms. The van der Waals surface area contributed by atoms with E-state index in [-0.39, 0.29) is 11.7 Å². The fourth-order valence-electron chi connectivity index (χ4n) is 3.27. The van der Waals surface area contributed by atoms with E-state index in [1.54, 1.807) is 18.2 Å². The monoisotopic (exact) mass is 376 g/mol. The topological polar surface area (TPSA) is 102 Å². The zero-order valence-corrected chi connectivity index (χ0v) is 14.4. The van der Waals surface area contributed by atoms with Gasteiger partial charge in [0.2, 0.25) is 6.79 Å². The average Bonchev–Trinajstić information content (AvgIpc) is 2.99. The maximum absolute atomic E-state index is 13.0. The summed E-state index contributed by atoms with van der Waals surface area (Å²) in [6, 6.07) is 12.9. The lowest BCUT2D eigenvalue weighted by atomic mass is 10.1. The highest BCUT2D eigenvalue weighted by atomic mass is 35.5. The maximum Gasteiger partial charge on any atom is 0.231 e. The number of sulfone groups is 1. The van der Waals surface area contributed by atoms with Crippen molar-refractivity contribution in [1.82, 2.24) is 0 Å².